The van der Waals surface area contributed by atoms with Gasteiger partial charge in [-0.3, -0.25) is 9.36 Å². The SMILES string of the molecule is CCOc1cc2[nH]c(=S)n(CCC[NH+]3CCC(C)CC3)c(=O)c2cc1OCC. The fraction of sp³-hybridized carbons (Fsp3) is 0.619. The number of nitrogens with zero attached hydrogens (tertiary/aromatic N) is 1. The first kappa shape index (κ1) is 20.9. The summed E-state index contributed by atoms with van der Waals surface area (Å²) in [5, 5.41) is 0.583. The topological polar surface area (TPSA) is 60.7 Å². The van der Waals surface area contributed by atoms with E-state index in [1.165, 1.54) is 25.9 Å². The molecule has 7 heteroatoms. The molecule has 2 heterocycles. The lowest BCUT2D eigenvalue weighted by atomic mass is 9.99. The first-order valence-corrected chi connectivity index (χ1v) is 10.8. The van der Waals surface area contributed by atoms with Crippen molar-refractivity contribution in [2.75, 3.05) is 32.8 Å². The molecule has 1 aromatic heterocycles. The van der Waals surface area contributed by atoms with Crippen molar-refractivity contribution in [1.29, 1.82) is 0 Å². The summed E-state index contributed by atoms with van der Waals surface area (Å²) in [6.45, 7) is 11.4. The van der Waals surface area contributed by atoms with E-state index in [0.717, 1.165) is 18.9 Å². The summed E-state index contributed by atoms with van der Waals surface area (Å²) in [5.41, 5.74) is 0.624. The number of fused-ring (bicyclic) bond motifs is 1. The number of benzene rings is 1. The fourth-order valence-corrected chi connectivity index (χ4v) is 4.19. The van der Waals surface area contributed by atoms with Gasteiger partial charge in [-0.1, -0.05) is 6.92 Å². The Kier molecular flexibility index (Phi) is 7.13. The Labute approximate surface area is 171 Å². The van der Waals surface area contributed by atoms with Gasteiger partial charge in [0.05, 0.1) is 43.8 Å². The average Bonchev–Trinajstić information content (AvgIpc) is 2.67. The van der Waals surface area contributed by atoms with E-state index in [4.69, 9.17) is 21.7 Å². The molecule has 1 saturated heterocycles. The van der Waals surface area contributed by atoms with Gasteiger partial charge in [0, 0.05) is 19.0 Å². The van der Waals surface area contributed by atoms with Crippen molar-refractivity contribution >= 4 is 23.1 Å². The molecule has 2 N–H and O–H groups in total. The van der Waals surface area contributed by atoms with Gasteiger partial charge in [0.1, 0.15) is 0 Å². The molecular formula is C21H32N3O3S+. The standard InChI is InChI=1S/C21H31N3O3S/c1-4-26-18-13-16-17(14-19(18)27-5-2)22-21(28)24(20(16)25)10-6-9-23-11-7-15(3)8-12-23/h13-15H,4-12H2,1-3H3,(H,22,28)/p+1. The predicted octanol–water partition coefficient (Wildman–Crippen LogP) is 2.56. The van der Waals surface area contributed by atoms with Crippen LogP contribution in [0.1, 0.15) is 40.0 Å². The Hall–Kier alpha value is -1.86. The second kappa shape index (κ2) is 9.56. The summed E-state index contributed by atoms with van der Waals surface area (Å²) in [6.07, 6.45) is 3.54. The molecule has 3 rings (SSSR count). The molecule has 0 radical (unpaired) electrons. The molecule has 6 nitrogen and oxygen atoms in total. The van der Waals surface area contributed by atoms with Crippen LogP contribution in [0.25, 0.3) is 10.9 Å². The number of hydrogen-bond donors (Lipinski definition) is 2. The number of quaternary nitrogens is 1. The van der Waals surface area contributed by atoms with E-state index in [1.54, 1.807) is 15.5 Å². The van der Waals surface area contributed by atoms with Crippen molar-refractivity contribution in [2.24, 2.45) is 5.92 Å². The zero-order valence-corrected chi connectivity index (χ0v) is 18.0. The third kappa shape index (κ3) is 4.75. The second-order valence-electron chi connectivity index (χ2n) is 7.63. The van der Waals surface area contributed by atoms with Crippen molar-refractivity contribution in [3.8, 4) is 11.5 Å². The molecule has 1 fully saturated rings. The van der Waals surface area contributed by atoms with Gasteiger partial charge in [0.25, 0.3) is 5.56 Å². The van der Waals surface area contributed by atoms with Gasteiger partial charge < -0.3 is 19.4 Å². The molecule has 28 heavy (non-hydrogen) atoms. The lowest BCUT2D eigenvalue weighted by Gasteiger charge is -2.27. The van der Waals surface area contributed by atoms with Gasteiger partial charge in [0.15, 0.2) is 16.3 Å². The summed E-state index contributed by atoms with van der Waals surface area (Å²) < 4.78 is 13.5. The van der Waals surface area contributed by atoms with E-state index < -0.39 is 0 Å². The number of aromatic amines is 1. The van der Waals surface area contributed by atoms with E-state index in [1.807, 2.05) is 19.9 Å². The number of H-pyrrole nitrogens is 1. The molecule has 1 aliphatic rings. The molecule has 0 amide bonds. The molecule has 1 aliphatic heterocycles. The Morgan fingerprint density at radius 1 is 1.18 bits per heavy atom. The molecule has 1 aromatic carbocycles. The highest BCUT2D eigenvalue weighted by atomic mass is 32.1. The second-order valence-corrected chi connectivity index (χ2v) is 8.02. The van der Waals surface area contributed by atoms with Gasteiger partial charge in [0.2, 0.25) is 0 Å². The lowest BCUT2D eigenvalue weighted by Crippen LogP contribution is -3.13. The molecular weight excluding hydrogens is 374 g/mol. The molecule has 0 spiro atoms. The first-order valence-electron chi connectivity index (χ1n) is 10.4. The highest BCUT2D eigenvalue weighted by Gasteiger charge is 2.18. The number of aromatic nitrogens is 2. The summed E-state index contributed by atoms with van der Waals surface area (Å²) in [7, 11) is 0. The van der Waals surface area contributed by atoms with Crippen LogP contribution < -0.4 is 19.9 Å². The van der Waals surface area contributed by atoms with E-state index in [-0.39, 0.29) is 5.56 Å². The highest BCUT2D eigenvalue weighted by molar-refractivity contribution is 7.71. The van der Waals surface area contributed by atoms with Crippen LogP contribution in [0.15, 0.2) is 16.9 Å². The maximum Gasteiger partial charge on any atom is 0.262 e. The predicted molar refractivity (Wildman–Crippen MR) is 114 cm³/mol. The highest BCUT2D eigenvalue weighted by Crippen LogP contribution is 2.30. The molecule has 0 unspecified atom stereocenters. The van der Waals surface area contributed by atoms with Crippen molar-refractivity contribution in [1.82, 2.24) is 9.55 Å². The van der Waals surface area contributed by atoms with Crippen LogP contribution in [0.5, 0.6) is 11.5 Å². The Morgan fingerprint density at radius 2 is 1.82 bits per heavy atom. The monoisotopic (exact) mass is 406 g/mol. The smallest absolute Gasteiger partial charge is 0.262 e. The number of rotatable bonds is 8. The molecule has 0 saturated carbocycles. The summed E-state index contributed by atoms with van der Waals surface area (Å²) >= 11 is 5.47. The van der Waals surface area contributed by atoms with Gasteiger partial charge in [-0.25, -0.2) is 0 Å². The van der Waals surface area contributed by atoms with Gasteiger partial charge in [-0.2, -0.15) is 0 Å². The van der Waals surface area contributed by atoms with Crippen LogP contribution in [-0.2, 0) is 6.54 Å². The Morgan fingerprint density at radius 3 is 2.46 bits per heavy atom. The van der Waals surface area contributed by atoms with Crippen LogP contribution in [-0.4, -0.2) is 42.4 Å². The summed E-state index contributed by atoms with van der Waals surface area (Å²) in [5.74, 6) is 2.07. The molecule has 0 aliphatic carbocycles. The number of ether oxygens (including phenoxy) is 2. The number of nitrogens with one attached hydrogen (secondary N) is 2. The van der Waals surface area contributed by atoms with E-state index >= 15 is 0 Å². The zero-order chi connectivity index (χ0) is 20.1. The Balaban J connectivity index is 1.81. The normalized spacial score (nSPS) is 19.7. The fourth-order valence-electron chi connectivity index (χ4n) is 3.91. The number of likely N-dealkylation sites (tertiary alicyclic amines) is 1. The van der Waals surface area contributed by atoms with E-state index in [0.29, 0.717) is 46.9 Å². The molecule has 2 aromatic rings. The van der Waals surface area contributed by atoms with Crippen LogP contribution in [0.2, 0.25) is 0 Å². The van der Waals surface area contributed by atoms with Crippen LogP contribution in [0.4, 0.5) is 0 Å². The van der Waals surface area contributed by atoms with Crippen molar-refractivity contribution in [2.45, 2.75) is 46.6 Å². The minimum absolute atomic E-state index is 0.0648. The largest absolute Gasteiger partial charge is 0.490 e. The van der Waals surface area contributed by atoms with Crippen LogP contribution >= 0.6 is 12.2 Å². The Bertz CT molecular complexity index is 913. The zero-order valence-electron chi connectivity index (χ0n) is 17.2. The number of hydrogen-bond acceptors (Lipinski definition) is 4. The lowest BCUT2D eigenvalue weighted by molar-refractivity contribution is -0.906. The van der Waals surface area contributed by atoms with Crippen LogP contribution in [0.3, 0.4) is 0 Å². The third-order valence-electron chi connectivity index (χ3n) is 5.54. The van der Waals surface area contributed by atoms with Crippen molar-refractivity contribution in [3.05, 3.63) is 27.3 Å². The average molecular weight is 407 g/mol. The minimum atomic E-state index is -0.0648. The van der Waals surface area contributed by atoms with E-state index in [9.17, 15) is 4.79 Å². The van der Waals surface area contributed by atoms with Crippen LogP contribution in [0, 0.1) is 10.7 Å². The third-order valence-corrected chi connectivity index (χ3v) is 5.86. The molecule has 0 atom stereocenters. The van der Waals surface area contributed by atoms with Gasteiger partial charge in [-0.15, -0.1) is 0 Å². The van der Waals surface area contributed by atoms with Gasteiger partial charge in [-0.05, 0) is 50.9 Å². The first-order chi connectivity index (χ1) is 13.5. The quantitative estimate of drug-likeness (QED) is 0.662. The molecule has 154 valence electrons. The minimum Gasteiger partial charge on any atom is -0.490 e. The maximum atomic E-state index is 13.1. The van der Waals surface area contributed by atoms with Crippen molar-refractivity contribution in [3.63, 3.8) is 0 Å². The summed E-state index contributed by atoms with van der Waals surface area (Å²) in [6, 6.07) is 3.58. The molecule has 0 bridgehead atoms. The maximum absolute atomic E-state index is 13.1. The number of piperidine rings is 1. The van der Waals surface area contributed by atoms with E-state index in [2.05, 4.69) is 11.9 Å². The van der Waals surface area contributed by atoms with Gasteiger partial charge >= 0.3 is 0 Å². The van der Waals surface area contributed by atoms with Crippen molar-refractivity contribution < 1.29 is 14.4 Å². The summed E-state index contributed by atoms with van der Waals surface area (Å²) in [4.78, 5) is 17.9.